The van der Waals surface area contributed by atoms with Crippen LogP contribution in [0, 0.1) is 10.1 Å². The molecule has 1 N–H and O–H groups in total. The second kappa shape index (κ2) is 8.11. The van der Waals surface area contributed by atoms with E-state index < -0.39 is 28.1 Å². The number of para-hydroxylation sites is 1. The number of Topliss-reactive ketones (excluding diaryl/α,β-unsaturated/α-hetero) is 1. The number of hydrazone groups is 1. The third-order valence-electron chi connectivity index (χ3n) is 4.58. The molecular weight excluding hydrogens is 392 g/mol. The van der Waals surface area contributed by atoms with Crippen LogP contribution >= 0.6 is 0 Å². The Balaban J connectivity index is 2.03. The second-order valence-electron chi connectivity index (χ2n) is 6.47. The van der Waals surface area contributed by atoms with Gasteiger partial charge in [0, 0.05) is 17.8 Å². The van der Waals surface area contributed by atoms with Crippen LogP contribution in [0.15, 0.2) is 59.7 Å². The molecule has 1 heterocycles. The molecule has 1 aliphatic rings. The lowest BCUT2D eigenvalue weighted by Crippen LogP contribution is -2.55. The monoisotopic (exact) mass is 410 g/mol. The van der Waals surface area contributed by atoms with E-state index in [9.17, 15) is 24.5 Å². The molecule has 1 unspecified atom stereocenters. The van der Waals surface area contributed by atoms with Gasteiger partial charge < -0.3 is 4.74 Å². The minimum absolute atomic E-state index is 0.0441. The molecule has 0 bridgehead atoms. The predicted octanol–water partition coefficient (Wildman–Crippen LogP) is 2.30. The van der Waals surface area contributed by atoms with Crippen molar-refractivity contribution >= 4 is 40.4 Å². The first-order valence-electron chi connectivity index (χ1n) is 9.00. The summed E-state index contributed by atoms with van der Waals surface area (Å²) < 4.78 is 5.13. The minimum Gasteiger partial charge on any atom is -0.464 e. The van der Waals surface area contributed by atoms with Gasteiger partial charge >= 0.3 is 11.9 Å². The molecule has 0 aliphatic carbocycles. The fraction of sp³-hybridized carbons (Fsp3) is 0.200. The zero-order chi connectivity index (χ0) is 21.9. The van der Waals surface area contributed by atoms with Gasteiger partial charge in [-0.3, -0.25) is 30.0 Å². The van der Waals surface area contributed by atoms with Gasteiger partial charge in [-0.15, -0.1) is 0 Å². The first-order chi connectivity index (χ1) is 14.3. The molecule has 2 aromatic rings. The first-order valence-corrected chi connectivity index (χ1v) is 9.00. The number of nitrogens with zero attached hydrogens (tertiary/aromatic N) is 3. The Labute approximate surface area is 171 Å². The largest absolute Gasteiger partial charge is 0.464 e. The third-order valence-corrected chi connectivity index (χ3v) is 4.58. The highest BCUT2D eigenvalue weighted by Gasteiger charge is 2.60. The smallest absolute Gasteiger partial charge is 0.338 e. The maximum absolute atomic E-state index is 12.8. The Morgan fingerprint density at radius 1 is 1.17 bits per heavy atom. The number of hydrogen-bond acceptors (Lipinski definition) is 8. The number of hydrogen-bond donors (Lipinski definition) is 1. The van der Waals surface area contributed by atoms with Crippen molar-refractivity contribution in [3.63, 3.8) is 0 Å². The van der Waals surface area contributed by atoms with Gasteiger partial charge in [-0.2, -0.15) is 5.10 Å². The maximum Gasteiger partial charge on any atom is 0.338 e. The summed E-state index contributed by atoms with van der Waals surface area (Å²) in [5, 5.41) is 14.8. The summed E-state index contributed by atoms with van der Waals surface area (Å²) in [6.07, 6.45) is 0. The van der Waals surface area contributed by atoms with E-state index in [0.717, 1.165) is 4.90 Å². The van der Waals surface area contributed by atoms with Gasteiger partial charge in [0.2, 0.25) is 0 Å². The molecule has 0 radical (unpaired) electrons. The maximum atomic E-state index is 12.8. The van der Waals surface area contributed by atoms with Crippen LogP contribution in [0.25, 0.3) is 0 Å². The summed E-state index contributed by atoms with van der Waals surface area (Å²) in [5.41, 5.74) is 1.01. The summed E-state index contributed by atoms with van der Waals surface area (Å²) in [6.45, 7) is 3.04. The van der Waals surface area contributed by atoms with E-state index in [-0.39, 0.29) is 18.0 Å². The van der Waals surface area contributed by atoms with Gasteiger partial charge in [0.15, 0.2) is 11.3 Å². The second-order valence-corrected chi connectivity index (χ2v) is 6.47. The summed E-state index contributed by atoms with van der Waals surface area (Å²) in [7, 11) is 0. The van der Waals surface area contributed by atoms with Crippen LogP contribution < -0.4 is 10.3 Å². The highest BCUT2D eigenvalue weighted by atomic mass is 16.6. The average molecular weight is 410 g/mol. The van der Waals surface area contributed by atoms with Crippen molar-refractivity contribution < 1.29 is 24.0 Å². The molecule has 2 aromatic carbocycles. The predicted molar refractivity (Wildman–Crippen MR) is 108 cm³/mol. The Morgan fingerprint density at radius 3 is 2.37 bits per heavy atom. The van der Waals surface area contributed by atoms with Crippen molar-refractivity contribution in [3.05, 3.63) is 64.7 Å². The highest BCUT2D eigenvalue weighted by Crippen LogP contribution is 2.33. The lowest BCUT2D eigenvalue weighted by atomic mass is 9.95. The van der Waals surface area contributed by atoms with E-state index in [1.807, 2.05) is 0 Å². The number of nitro groups is 1. The number of nitrogens with one attached hydrogen (secondary N) is 1. The molecule has 10 heteroatoms. The van der Waals surface area contributed by atoms with Crippen molar-refractivity contribution in [1.82, 2.24) is 0 Å². The molecule has 0 saturated carbocycles. The quantitative estimate of drug-likeness (QED) is 0.334. The van der Waals surface area contributed by atoms with Crippen LogP contribution in [0.5, 0.6) is 0 Å². The van der Waals surface area contributed by atoms with Crippen molar-refractivity contribution in [2.75, 3.05) is 16.9 Å². The molecule has 0 aromatic heterocycles. The fourth-order valence-electron chi connectivity index (χ4n) is 3.08. The third kappa shape index (κ3) is 3.50. The van der Waals surface area contributed by atoms with Gasteiger partial charge in [0.1, 0.15) is 0 Å². The molecule has 1 aliphatic heterocycles. The van der Waals surface area contributed by atoms with Crippen LogP contribution in [-0.2, 0) is 19.1 Å². The molecule has 30 heavy (non-hydrogen) atoms. The molecule has 154 valence electrons. The van der Waals surface area contributed by atoms with Gasteiger partial charge in [0.05, 0.1) is 17.2 Å². The molecule has 1 saturated heterocycles. The standard InChI is InChI=1S/C20H18N4O6/c1-3-30-19(27)20(2)17(22-21-13-9-11-15(12-10-13)24(28)29)16(25)18(26)23(20)14-7-5-4-6-8-14/h4-12,21H,3H2,1-2H3/b22-17+. The first kappa shape index (κ1) is 20.6. The Hall–Kier alpha value is -4.08. The summed E-state index contributed by atoms with van der Waals surface area (Å²) in [6, 6.07) is 13.5. The van der Waals surface area contributed by atoms with E-state index >= 15 is 0 Å². The molecule has 1 amide bonds. The van der Waals surface area contributed by atoms with Gasteiger partial charge in [-0.25, -0.2) is 4.79 Å². The minimum atomic E-state index is -1.79. The Morgan fingerprint density at radius 2 is 1.80 bits per heavy atom. The van der Waals surface area contributed by atoms with E-state index in [4.69, 9.17) is 4.74 Å². The number of carbonyl (C=O) groups excluding carboxylic acids is 3. The zero-order valence-corrected chi connectivity index (χ0v) is 16.2. The number of benzene rings is 2. The number of amides is 1. The van der Waals surface area contributed by atoms with Crippen LogP contribution in [0.4, 0.5) is 17.1 Å². The van der Waals surface area contributed by atoms with Gasteiger partial charge in [-0.1, -0.05) is 18.2 Å². The van der Waals surface area contributed by atoms with E-state index in [1.54, 1.807) is 37.3 Å². The van der Waals surface area contributed by atoms with Crippen molar-refractivity contribution in [3.8, 4) is 0 Å². The van der Waals surface area contributed by atoms with E-state index in [1.165, 1.54) is 31.2 Å². The summed E-state index contributed by atoms with van der Waals surface area (Å²) in [4.78, 5) is 49.6. The lowest BCUT2D eigenvalue weighted by molar-refractivity contribution is -0.384. The Bertz CT molecular complexity index is 1040. The molecule has 0 spiro atoms. The molecule has 3 rings (SSSR count). The number of rotatable bonds is 6. The van der Waals surface area contributed by atoms with Gasteiger partial charge in [-0.05, 0) is 38.1 Å². The molecule has 1 fully saturated rings. The SMILES string of the molecule is CCOC(=O)C1(C)/C(=N/Nc2ccc([N+](=O)[O-])cc2)C(=O)C(=O)N1c1ccccc1. The number of anilines is 2. The number of non-ortho nitro benzene ring substituents is 1. The van der Waals surface area contributed by atoms with Crippen LogP contribution in [0.1, 0.15) is 13.8 Å². The number of nitro benzene ring substituents is 1. The average Bonchev–Trinajstić information content (AvgIpc) is 2.94. The molecular formula is C20H18N4O6. The summed E-state index contributed by atoms with van der Waals surface area (Å²) in [5.74, 6) is -2.68. The number of esters is 1. The zero-order valence-electron chi connectivity index (χ0n) is 16.2. The fourth-order valence-corrected chi connectivity index (χ4v) is 3.08. The molecule has 10 nitrogen and oxygen atoms in total. The van der Waals surface area contributed by atoms with Crippen molar-refractivity contribution in [2.45, 2.75) is 19.4 Å². The number of carbonyl (C=O) groups is 3. The lowest BCUT2D eigenvalue weighted by Gasteiger charge is -2.31. The van der Waals surface area contributed by atoms with Crippen molar-refractivity contribution in [1.29, 1.82) is 0 Å². The van der Waals surface area contributed by atoms with E-state index in [2.05, 4.69) is 10.5 Å². The normalized spacial score (nSPS) is 19.8. The number of ketones is 1. The highest BCUT2D eigenvalue weighted by molar-refractivity contribution is 6.75. The van der Waals surface area contributed by atoms with Crippen LogP contribution in [0.3, 0.4) is 0 Å². The Kier molecular flexibility index (Phi) is 5.58. The summed E-state index contributed by atoms with van der Waals surface area (Å²) >= 11 is 0. The number of ether oxygens (including phenoxy) is 1. The van der Waals surface area contributed by atoms with E-state index in [0.29, 0.717) is 11.4 Å². The van der Waals surface area contributed by atoms with Gasteiger partial charge in [0.25, 0.3) is 11.5 Å². The topological polar surface area (TPSA) is 131 Å². The molecule has 1 atom stereocenters. The van der Waals surface area contributed by atoms with Crippen LogP contribution in [-0.4, -0.2) is 40.4 Å². The van der Waals surface area contributed by atoms with Crippen LogP contribution in [0.2, 0.25) is 0 Å². The van der Waals surface area contributed by atoms with Crippen molar-refractivity contribution in [2.24, 2.45) is 5.10 Å².